The largest absolute Gasteiger partial charge is 0.368 e. The molecule has 2 atom stereocenters. The Bertz CT molecular complexity index is 1050. The Morgan fingerprint density at radius 1 is 1.14 bits per heavy atom. The first kappa shape index (κ1) is 19.1. The highest BCUT2D eigenvalue weighted by atomic mass is 32.2. The van der Waals surface area contributed by atoms with E-state index in [9.17, 15) is 13.2 Å². The molecular weight excluding hydrogens is 406 g/mol. The molecular formula is C21H25N3O3S2. The van der Waals surface area contributed by atoms with E-state index < -0.39 is 16.2 Å². The zero-order valence-electron chi connectivity index (χ0n) is 16.2. The lowest BCUT2D eigenvalue weighted by atomic mass is 9.92. The van der Waals surface area contributed by atoms with Crippen molar-refractivity contribution in [3.63, 3.8) is 0 Å². The summed E-state index contributed by atoms with van der Waals surface area (Å²) in [5.41, 5.74) is 2.75. The molecule has 6 nitrogen and oxygen atoms in total. The van der Waals surface area contributed by atoms with Gasteiger partial charge >= 0.3 is 0 Å². The summed E-state index contributed by atoms with van der Waals surface area (Å²) in [6, 6.07) is 6.96. The van der Waals surface area contributed by atoms with Crippen LogP contribution in [0.5, 0.6) is 0 Å². The Balaban J connectivity index is 1.35. The second kappa shape index (κ2) is 7.41. The fourth-order valence-electron chi connectivity index (χ4n) is 4.77. The number of para-hydroxylation sites is 1. The lowest BCUT2D eigenvalue weighted by Gasteiger charge is -2.39. The van der Waals surface area contributed by atoms with Crippen molar-refractivity contribution in [1.29, 1.82) is 0 Å². The van der Waals surface area contributed by atoms with Gasteiger partial charge in [0.2, 0.25) is 10.0 Å². The molecule has 1 aromatic carbocycles. The van der Waals surface area contributed by atoms with Crippen LogP contribution in [0.1, 0.15) is 46.5 Å². The highest BCUT2D eigenvalue weighted by Gasteiger charge is 2.37. The summed E-state index contributed by atoms with van der Waals surface area (Å²) in [6.45, 7) is 1.29. The second-order valence-electron chi connectivity index (χ2n) is 8.15. The molecule has 2 aliphatic heterocycles. The number of carbonyl (C=O) groups excluding carboxylic acids is 1. The average Bonchev–Trinajstić information content (AvgIpc) is 3.17. The quantitative estimate of drug-likeness (QED) is 0.765. The topological polar surface area (TPSA) is 78.5 Å². The van der Waals surface area contributed by atoms with Crippen molar-refractivity contribution in [3.8, 4) is 0 Å². The summed E-state index contributed by atoms with van der Waals surface area (Å²) in [5, 5.41) is 5.37. The van der Waals surface area contributed by atoms with Crippen LogP contribution in [0.2, 0.25) is 0 Å². The number of carbonyl (C=O) groups is 1. The Morgan fingerprint density at radius 3 is 2.86 bits per heavy atom. The van der Waals surface area contributed by atoms with Gasteiger partial charge in [-0.15, -0.1) is 11.3 Å². The van der Waals surface area contributed by atoms with Crippen LogP contribution in [0.3, 0.4) is 0 Å². The van der Waals surface area contributed by atoms with Crippen LogP contribution >= 0.6 is 11.3 Å². The number of sulfonamides is 1. The van der Waals surface area contributed by atoms with Gasteiger partial charge in [-0.05, 0) is 56.2 Å². The predicted molar refractivity (Wildman–Crippen MR) is 114 cm³/mol. The van der Waals surface area contributed by atoms with Crippen LogP contribution in [0.4, 0.5) is 5.69 Å². The number of likely N-dealkylation sites (tertiary alicyclic amines) is 1. The molecule has 154 valence electrons. The molecule has 0 unspecified atom stereocenters. The van der Waals surface area contributed by atoms with E-state index in [0.29, 0.717) is 12.2 Å². The second-order valence-corrected chi connectivity index (χ2v) is 10.8. The third-order valence-electron chi connectivity index (χ3n) is 6.28. The minimum Gasteiger partial charge on any atom is -0.368 e. The number of hydrogen-bond donors (Lipinski definition) is 2. The van der Waals surface area contributed by atoms with Gasteiger partial charge in [0.25, 0.3) is 5.91 Å². The number of nitrogens with one attached hydrogen (secondary N) is 2. The molecule has 0 saturated carbocycles. The fraction of sp³-hybridized carbons (Fsp3) is 0.476. The minimum absolute atomic E-state index is 0.0327. The zero-order valence-corrected chi connectivity index (χ0v) is 17.8. The molecule has 0 spiro atoms. The van der Waals surface area contributed by atoms with Crippen LogP contribution < -0.4 is 10.0 Å². The number of amides is 1. The number of benzene rings is 1. The Morgan fingerprint density at radius 2 is 1.97 bits per heavy atom. The highest BCUT2D eigenvalue weighted by Crippen LogP contribution is 2.33. The maximum absolute atomic E-state index is 13.3. The first-order valence-electron chi connectivity index (χ1n) is 10.3. The first-order chi connectivity index (χ1) is 14.0. The third kappa shape index (κ3) is 3.47. The molecule has 3 heterocycles. The SMILES string of the molecule is O=C(c1csc2c1CCCC2)N1CCC[C@H]([C@@H]2Nc3ccccc3S(=O)(=O)N2)C1. The van der Waals surface area contributed by atoms with E-state index in [2.05, 4.69) is 10.0 Å². The number of aryl methyl sites for hydroxylation is 1. The Kier molecular flexibility index (Phi) is 4.88. The van der Waals surface area contributed by atoms with Crippen molar-refractivity contribution >= 4 is 33.0 Å². The van der Waals surface area contributed by atoms with Crippen LogP contribution in [0.25, 0.3) is 0 Å². The Hall–Kier alpha value is -1.90. The minimum atomic E-state index is -3.55. The summed E-state index contributed by atoms with van der Waals surface area (Å²) < 4.78 is 28.1. The van der Waals surface area contributed by atoms with E-state index in [1.54, 1.807) is 29.5 Å². The van der Waals surface area contributed by atoms with E-state index in [0.717, 1.165) is 44.2 Å². The van der Waals surface area contributed by atoms with Gasteiger partial charge in [0, 0.05) is 29.3 Å². The molecule has 5 rings (SSSR count). The number of rotatable bonds is 2. The smallest absolute Gasteiger partial charge is 0.254 e. The van der Waals surface area contributed by atoms with Gasteiger partial charge in [-0.3, -0.25) is 4.79 Å². The van der Waals surface area contributed by atoms with Crippen molar-refractivity contribution in [2.45, 2.75) is 49.6 Å². The molecule has 1 fully saturated rings. The summed E-state index contributed by atoms with van der Waals surface area (Å²) >= 11 is 1.71. The maximum atomic E-state index is 13.3. The van der Waals surface area contributed by atoms with Gasteiger partial charge in [-0.2, -0.15) is 4.72 Å². The van der Waals surface area contributed by atoms with Gasteiger partial charge in [0.05, 0.1) is 17.4 Å². The van der Waals surface area contributed by atoms with Crippen LogP contribution in [-0.2, 0) is 22.9 Å². The van der Waals surface area contributed by atoms with Gasteiger partial charge < -0.3 is 10.2 Å². The van der Waals surface area contributed by atoms with Crippen molar-refractivity contribution in [2.75, 3.05) is 18.4 Å². The molecule has 1 aromatic heterocycles. The van der Waals surface area contributed by atoms with E-state index >= 15 is 0 Å². The number of nitrogens with zero attached hydrogens (tertiary/aromatic N) is 1. The monoisotopic (exact) mass is 431 g/mol. The lowest BCUT2D eigenvalue weighted by molar-refractivity contribution is 0.0658. The van der Waals surface area contributed by atoms with Gasteiger partial charge in [0.1, 0.15) is 4.90 Å². The van der Waals surface area contributed by atoms with Crippen LogP contribution in [-0.4, -0.2) is 38.5 Å². The predicted octanol–water partition coefficient (Wildman–Crippen LogP) is 3.21. The molecule has 1 aliphatic carbocycles. The Labute approximate surface area is 175 Å². The van der Waals surface area contributed by atoms with Crippen molar-refractivity contribution < 1.29 is 13.2 Å². The number of fused-ring (bicyclic) bond motifs is 2. The maximum Gasteiger partial charge on any atom is 0.254 e. The van der Waals surface area contributed by atoms with E-state index in [1.807, 2.05) is 16.3 Å². The summed E-state index contributed by atoms with van der Waals surface area (Å²) in [6.07, 6.45) is 5.81. The molecule has 0 bridgehead atoms. The summed E-state index contributed by atoms with van der Waals surface area (Å²) in [7, 11) is -3.55. The number of thiophene rings is 1. The molecule has 3 aliphatic rings. The van der Waals surface area contributed by atoms with Gasteiger partial charge in [0.15, 0.2) is 0 Å². The van der Waals surface area contributed by atoms with Gasteiger partial charge in [-0.1, -0.05) is 12.1 Å². The fourth-order valence-corrected chi connectivity index (χ4v) is 7.28. The molecule has 8 heteroatoms. The summed E-state index contributed by atoms with van der Waals surface area (Å²) in [4.78, 5) is 16.8. The van der Waals surface area contributed by atoms with Crippen LogP contribution in [0.15, 0.2) is 34.5 Å². The van der Waals surface area contributed by atoms with Crippen molar-refractivity contribution in [3.05, 3.63) is 45.6 Å². The molecule has 2 N–H and O–H groups in total. The number of hydrogen-bond acceptors (Lipinski definition) is 5. The number of anilines is 1. The molecule has 2 aromatic rings. The summed E-state index contributed by atoms with van der Waals surface area (Å²) in [5.74, 6) is 0.137. The van der Waals surface area contributed by atoms with E-state index in [4.69, 9.17) is 0 Å². The van der Waals surface area contributed by atoms with Crippen molar-refractivity contribution in [2.24, 2.45) is 5.92 Å². The normalized spacial score (nSPS) is 25.6. The van der Waals surface area contributed by atoms with Crippen LogP contribution in [0, 0.1) is 5.92 Å². The first-order valence-corrected chi connectivity index (χ1v) is 12.7. The third-order valence-corrected chi connectivity index (χ3v) is 8.87. The molecule has 1 amide bonds. The van der Waals surface area contributed by atoms with E-state index in [-0.39, 0.29) is 16.7 Å². The lowest BCUT2D eigenvalue weighted by Crippen LogP contribution is -2.54. The highest BCUT2D eigenvalue weighted by molar-refractivity contribution is 7.89. The van der Waals surface area contributed by atoms with E-state index in [1.165, 1.54) is 16.9 Å². The molecule has 1 saturated heterocycles. The standard InChI is InChI=1S/C21H25N3O3S2/c25-21(16-13-28-18-9-3-1-7-15(16)18)24-11-5-6-14(12-24)20-22-17-8-2-4-10-19(17)29(26,27)23-20/h2,4,8,10,13-14,20,22-23H,1,3,5-7,9,11-12H2/t14-,20+/m0/s1. The van der Waals surface area contributed by atoms with Crippen molar-refractivity contribution in [1.82, 2.24) is 9.62 Å². The molecule has 0 radical (unpaired) electrons. The van der Waals surface area contributed by atoms with Gasteiger partial charge in [-0.25, -0.2) is 8.42 Å². The molecule has 29 heavy (non-hydrogen) atoms. The zero-order chi connectivity index (χ0) is 20.0. The number of piperidine rings is 1. The average molecular weight is 432 g/mol.